The predicted octanol–water partition coefficient (Wildman–Crippen LogP) is -0.442. The minimum atomic E-state index is -0.202. The standard InChI is InChI=1S/C10H17N2O2/c13-10(8-1-3-11-4-2-8)9-7-12-5-6-14-9/h8-9,12H,1-7H2. The Kier molecular flexibility index (Phi) is 3.50. The maximum Gasteiger partial charge on any atom is 0.166 e. The van der Waals surface area contributed by atoms with Gasteiger partial charge in [-0.05, 0) is 12.8 Å². The Morgan fingerprint density at radius 3 is 2.79 bits per heavy atom. The maximum atomic E-state index is 11.9. The monoisotopic (exact) mass is 197 g/mol. The van der Waals surface area contributed by atoms with E-state index in [4.69, 9.17) is 4.74 Å². The Balaban J connectivity index is 1.85. The normalized spacial score (nSPS) is 30.1. The highest BCUT2D eigenvalue weighted by Crippen LogP contribution is 2.17. The van der Waals surface area contributed by atoms with E-state index in [1.165, 1.54) is 0 Å². The van der Waals surface area contributed by atoms with Crippen LogP contribution in [0.5, 0.6) is 0 Å². The van der Waals surface area contributed by atoms with E-state index in [1.54, 1.807) is 0 Å². The summed E-state index contributed by atoms with van der Waals surface area (Å²) in [5.41, 5.74) is 0. The van der Waals surface area contributed by atoms with Gasteiger partial charge in [0.05, 0.1) is 6.61 Å². The van der Waals surface area contributed by atoms with Gasteiger partial charge in [-0.25, -0.2) is 5.32 Å². The second-order valence-electron chi connectivity index (χ2n) is 3.91. The number of hydrogen-bond acceptors (Lipinski definition) is 3. The Morgan fingerprint density at radius 2 is 2.14 bits per heavy atom. The van der Waals surface area contributed by atoms with Gasteiger partial charge in [0.1, 0.15) is 6.10 Å². The number of nitrogens with zero attached hydrogens (tertiary/aromatic N) is 1. The molecule has 0 aromatic rings. The van der Waals surface area contributed by atoms with Gasteiger partial charge < -0.3 is 10.1 Å². The average molecular weight is 197 g/mol. The number of nitrogens with one attached hydrogen (secondary N) is 1. The first-order valence-electron chi connectivity index (χ1n) is 5.37. The molecule has 0 bridgehead atoms. The molecule has 2 fully saturated rings. The van der Waals surface area contributed by atoms with E-state index in [1.807, 2.05) is 0 Å². The van der Waals surface area contributed by atoms with Crippen LogP contribution in [0.1, 0.15) is 12.8 Å². The van der Waals surface area contributed by atoms with Crippen molar-refractivity contribution < 1.29 is 9.53 Å². The minimum absolute atomic E-state index is 0.192. The molecule has 2 heterocycles. The molecule has 0 aromatic heterocycles. The van der Waals surface area contributed by atoms with E-state index >= 15 is 0 Å². The van der Waals surface area contributed by atoms with Crippen molar-refractivity contribution in [1.29, 1.82) is 0 Å². The summed E-state index contributed by atoms with van der Waals surface area (Å²) in [7, 11) is 0. The highest BCUT2D eigenvalue weighted by molar-refractivity contribution is 5.85. The number of morpholine rings is 1. The topological polar surface area (TPSA) is 52.4 Å². The summed E-state index contributed by atoms with van der Waals surface area (Å²) in [6, 6.07) is 0. The molecule has 0 aromatic carbocycles. The Morgan fingerprint density at radius 1 is 1.36 bits per heavy atom. The van der Waals surface area contributed by atoms with Crippen LogP contribution in [0.2, 0.25) is 0 Å². The van der Waals surface area contributed by atoms with E-state index in [9.17, 15) is 4.79 Å². The van der Waals surface area contributed by atoms with Gasteiger partial charge in [0, 0.05) is 32.1 Å². The summed E-state index contributed by atoms with van der Waals surface area (Å²) in [5.74, 6) is 0.476. The van der Waals surface area contributed by atoms with Crippen LogP contribution in [0, 0.1) is 5.92 Å². The van der Waals surface area contributed by atoms with E-state index in [0.29, 0.717) is 13.2 Å². The predicted molar refractivity (Wildman–Crippen MR) is 52.2 cm³/mol. The zero-order valence-corrected chi connectivity index (χ0v) is 8.37. The Labute approximate surface area is 84.4 Å². The summed E-state index contributed by atoms with van der Waals surface area (Å²) in [6.45, 7) is 3.90. The van der Waals surface area contributed by atoms with Crippen LogP contribution in [-0.2, 0) is 9.53 Å². The highest BCUT2D eigenvalue weighted by atomic mass is 16.5. The lowest BCUT2D eigenvalue weighted by Gasteiger charge is -2.28. The first kappa shape index (κ1) is 10.1. The molecule has 2 aliphatic rings. The summed E-state index contributed by atoms with van der Waals surface area (Å²) in [5, 5.41) is 7.43. The van der Waals surface area contributed by atoms with Crippen LogP contribution in [-0.4, -0.2) is 44.7 Å². The second kappa shape index (κ2) is 4.87. The van der Waals surface area contributed by atoms with E-state index in [2.05, 4.69) is 10.6 Å². The molecule has 4 heteroatoms. The van der Waals surface area contributed by atoms with Crippen LogP contribution in [0.3, 0.4) is 0 Å². The molecule has 1 atom stereocenters. The van der Waals surface area contributed by atoms with Gasteiger partial charge in [0.2, 0.25) is 0 Å². The van der Waals surface area contributed by atoms with Crippen molar-refractivity contribution in [3.63, 3.8) is 0 Å². The SMILES string of the molecule is O=C(C1CC[N]CC1)C1CNCCO1. The van der Waals surface area contributed by atoms with Crippen molar-refractivity contribution in [2.75, 3.05) is 32.8 Å². The zero-order valence-electron chi connectivity index (χ0n) is 8.37. The molecule has 79 valence electrons. The van der Waals surface area contributed by atoms with Crippen LogP contribution >= 0.6 is 0 Å². The van der Waals surface area contributed by atoms with Crippen molar-refractivity contribution in [2.45, 2.75) is 18.9 Å². The van der Waals surface area contributed by atoms with Crippen LogP contribution in [0.25, 0.3) is 0 Å². The smallest absolute Gasteiger partial charge is 0.166 e. The third kappa shape index (κ3) is 2.32. The lowest BCUT2D eigenvalue weighted by molar-refractivity contribution is -0.136. The summed E-state index contributed by atoms with van der Waals surface area (Å²) >= 11 is 0. The number of rotatable bonds is 2. The average Bonchev–Trinajstić information content (AvgIpc) is 2.30. The Bertz CT molecular complexity index is 176. The van der Waals surface area contributed by atoms with Crippen LogP contribution < -0.4 is 10.6 Å². The largest absolute Gasteiger partial charge is 0.368 e. The lowest BCUT2D eigenvalue weighted by atomic mass is 9.90. The third-order valence-electron chi connectivity index (χ3n) is 2.92. The number of ether oxygens (including phenoxy) is 1. The second-order valence-corrected chi connectivity index (χ2v) is 3.91. The summed E-state index contributed by atoms with van der Waals surface area (Å²) in [4.78, 5) is 11.9. The van der Waals surface area contributed by atoms with Crippen molar-refractivity contribution >= 4 is 5.78 Å². The molecular weight excluding hydrogens is 180 g/mol. The van der Waals surface area contributed by atoms with Gasteiger partial charge >= 0.3 is 0 Å². The molecule has 0 spiro atoms. The molecule has 1 radical (unpaired) electrons. The van der Waals surface area contributed by atoms with Gasteiger partial charge in [0.15, 0.2) is 5.78 Å². The highest BCUT2D eigenvalue weighted by Gasteiger charge is 2.29. The molecule has 4 nitrogen and oxygen atoms in total. The first-order chi connectivity index (χ1) is 6.88. The summed E-state index contributed by atoms with van der Waals surface area (Å²) < 4.78 is 5.45. The molecule has 0 amide bonds. The molecule has 1 unspecified atom stereocenters. The molecule has 2 aliphatic heterocycles. The van der Waals surface area contributed by atoms with Crippen LogP contribution in [0.4, 0.5) is 0 Å². The van der Waals surface area contributed by atoms with Gasteiger partial charge in [0.25, 0.3) is 0 Å². The van der Waals surface area contributed by atoms with E-state index < -0.39 is 0 Å². The molecular formula is C10H17N2O2. The van der Waals surface area contributed by atoms with Gasteiger partial charge in [-0.3, -0.25) is 4.79 Å². The van der Waals surface area contributed by atoms with Gasteiger partial charge in [-0.15, -0.1) is 0 Å². The fourth-order valence-corrected chi connectivity index (χ4v) is 2.05. The number of carbonyl (C=O) groups is 1. The molecule has 0 aliphatic carbocycles. The minimum Gasteiger partial charge on any atom is -0.368 e. The molecule has 2 rings (SSSR count). The van der Waals surface area contributed by atoms with Crippen molar-refractivity contribution in [3.8, 4) is 0 Å². The molecule has 2 saturated heterocycles. The lowest BCUT2D eigenvalue weighted by Crippen LogP contribution is -2.46. The van der Waals surface area contributed by atoms with Gasteiger partial charge in [-0.2, -0.15) is 0 Å². The van der Waals surface area contributed by atoms with E-state index in [0.717, 1.165) is 32.5 Å². The fourth-order valence-electron chi connectivity index (χ4n) is 2.05. The quantitative estimate of drug-likeness (QED) is 0.653. The zero-order chi connectivity index (χ0) is 9.80. The summed E-state index contributed by atoms with van der Waals surface area (Å²) in [6.07, 6.45) is 1.63. The van der Waals surface area contributed by atoms with Crippen molar-refractivity contribution in [1.82, 2.24) is 10.6 Å². The van der Waals surface area contributed by atoms with E-state index in [-0.39, 0.29) is 17.8 Å². The number of hydrogen-bond donors (Lipinski definition) is 1. The third-order valence-corrected chi connectivity index (χ3v) is 2.92. The number of Topliss-reactive ketones (excluding diaryl/α,β-unsaturated/α-hetero) is 1. The van der Waals surface area contributed by atoms with Crippen molar-refractivity contribution in [2.24, 2.45) is 5.92 Å². The number of ketones is 1. The molecule has 1 N–H and O–H groups in total. The maximum absolute atomic E-state index is 11.9. The van der Waals surface area contributed by atoms with Crippen LogP contribution in [0.15, 0.2) is 0 Å². The molecule has 14 heavy (non-hydrogen) atoms. The molecule has 0 saturated carbocycles. The first-order valence-corrected chi connectivity index (χ1v) is 5.37. The number of carbonyl (C=O) groups excluding carboxylic acids is 1. The van der Waals surface area contributed by atoms with Crippen molar-refractivity contribution in [3.05, 3.63) is 0 Å². The number of piperidine rings is 1. The fraction of sp³-hybridized carbons (Fsp3) is 0.900. The Hall–Kier alpha value is -0.450. The van der Waals surface area contributed by atoms with Gasteiger partial charge in [-0.1, -0.05) is 0 Å².